The van der Waals surface area contributed by atoms with Gasteiger partial charge in [-0.3, -0.25) is 25.0 Å². The molecule has 2 aromatic carbocycles. The lowest BCUT2D eigenvalue weighted by molar-refractivity contribution is -0.384. The molecule has 0 atom stereocenters. The minimum atomic E-state index is -0.650. The van der Waals surface area contributed by atoms with Crippen LogP contribution in [-0.2, 0) is 4.79 Å². The highest BCUT2D eigenvalue weighted by molar-refractivity contribution is 6.54. The second-order valence-corrected chi connectivity index (χ2v) is 5.01. The molecule has 2 aromatic rings. The fourth-order valence-corrected chi connectivity index (χ4v) is 2.36. The highest BCUT2D eigenvalue weighted by atomic mass is 16.6. The Balaban J connectivity index is 2.15. The van der Waals surface area contributed by atoms with E-state index in [0.717, 1.165) is 0 Å². The lowest BCUT2D eigenvalue weighted by Crippen LogP contribution is -2.14. The van der Waals surface area contributed by atoms with Gasteiger partial charge >= 0.3 is 0 Å². The third-order valence-electron chi connectivity index (χ3n) is 3.54. The lowest BCUT2D eigenvalue weighted by Gasteiger charge is -2.03. The number of nitrogens with one attached hydrogen (secondary N) is 1. The van der Waals surface area contributed by atoms with E-state index in [1.54, 1.807) is 0 Å². The first kappa shape index (κ1) is 16.1. The van der Waals surface area contributed by atoms with Crippen molar-refractivity contribution in [3.63, 3.8) is 0 Å². The number of hydrogen-bond acceptors (Lipinski definition) is 7. The maximum absolute atomic E-state index is 12.1. The van der Waals surface area contributed by atoms with Gasteiger partial charge in [0.2, 0.25) is 0 Å². The van der Waals surface area contributed by atoms with E-state index in [0.29, 0.717) is 5.69 Å². The first-order valence-electron chi connectivity index (χ1n) is 6.92. The van der Waals surface area contributed by atoms with Crippen LogP contribution in [0.2, 0.25) is 0 Å². The number of anilines is 1. The Morgan fingerprint density at radius 2 is 1.84 bits per heavy atom. The van der Waals surface area contributed by atoms with Crippen molar-refractivity contribution in [3.05, 3.63) is 62.2 Å². The molecule has 1 heterocycles. The van der Waals surface area contributed by atoms with E-state index in [4.69, 9.17) is 4.74 Å². The minimum Gasteiger partial charge on any atom is -0.496 e. The summed E-state index contributed by atoms with van der Waals surface area (Å²) in [6, 6.07) is 7.82. The normalized spacial score (nSPS) is 14.1. The number of non-ortho nitro benzene ring substituents is 1. The third-order valence-corrected chi connectivity index (χ3v) is 3.54. The van der Waals surface area contributed by atoms with Gasteiger partial charge in [-0.15, -0.1) is 0 Å². The number of methoxy groups -OCH3 is 1. The number of nitro benzene ring substituents is 2. The van der Waals surface area contributed by atoms with E-state index >= 15 is 0 Å². The topological polar surface area (TPSA) is 137 Å². The summed E-state index contributed by atoms with van der Waals surface area (Å²) in [4.78, 5) is 37.1. The molecule has 25 heavy (non-hydrogen) atoms. The van der Waals surface area contributed by atoms with Crippen LogP contribution in [0.5, 0.6) is 5.75 Å². The van der Waals surface area contributed by atoms with Gasteiger partial charge in [0.15, 0.2) is 0 Å². The minimum absolute atomic E-state index is 0.0599. The van der Waals surface area contributed by atoms with Gasteiger partial charge in [-0.05, 0) is 18.2 Å². The second kappa shape index (κ2) is 6.00. The number of nitrogens with zero attached hydrogens (tertiary/aromatic N) is 3. The van der Waals surface area contributed by atoms with Crippen LogP contribution < -0.4 is 10.1 Å². The summed E-state index contributed by atoms with van der Waals surface area (Å²) < 4.78 is 4.94. The first-order chi connectivity index (χ1) is 11.9. The Bertz CT molecular complexity index is 953. The van der Waals surface area contributed by atoms with Crippen LogP contribution in [0.15, 0.2) is 41.4 Å². The summed E-state index contributed by atoms with van der Waals surface area (Å²) in [6.07, 6.45) is 0. The number of nitro groups is 2. The zero-order chi connectivity index (χ0) is 18.1. The van der Waals surface area contributed by atoms with Crippen molar-refractivity contribution >= 4 is 34.4 Å². The van der Waals surface area contributed by atoms with Gasteiger partial charge in [-0.2, -0.15) is 0 Å². The highest BCUT2D eigenvalue weighted by Crippen LogP contribution is 2.34. The van der Waals surface area contributed by atoms with Gasteiger partial charge in [-0.25, -0.2) is 4.99 Å². The molecule has 10 nitrogen and oxygen atoms in total. The molecule has 0 saturated heterocycles. The smallest absolute Gasteiger partial charge is 0.298 e. The SMILES string of the molecule is COc1ccc(N=C2C(=O)Nc3ccc([N+](=O)[O-])cc32)c([N+](=O)[O-])c1. The van der Waals surface area contributed by atoms with Crippen molar-refractivity contribution in [2.24, 2.45) is 4.99 Å². The number of ether oxygens (including phenoxy) is 1. The summed E-state index contributed by atoms with van der Waals surface area (Å²) in [7, 11) is 1.37. The number of fused-ring (bicyclic) bond motifs is 1. The van der Waals surface area contributed by atoms with Crippen molar-refractivity contribution < 1.29 is 19.4 Å². The van der Waals surface area contributed by atoms with Crippen LogP contribution in [-0.4, -0.2) is 28.6 Å². The maximum Gasteiger partial charge on any atom is 0.298 e. The Morgan fingerprint density at radius 3 is 2.48 bits per heavy atom. The summed E-state index contributed by atoms with van der Waals surface area (Å²) >= 11 is 0. The molecule has 1 amide bonds. The average molecular weight is 342 g/mol. The monoisotopic (exact) mass is 342 g/mol. The summed E-state index contributed by atoms with van der Waals surface area (Å²) in [5, 5.41) is 24.7. The van der Waals surface area contributed by atoms with E-state index in [2.05, 4.69) is 10.3 Å². The van der Waals surface area contributed by atoms with Crippen LogP contribution in [0.1, 0.15) is 5.56 Å². The summed E-state index contributed by atoms with van der Waals surface area (Å²) in [6.45, 7) is 0. The molecular weight excluding hydrogens is 332 g/mol. The molecule has 0 radical (unpaired) electrons. The Hall–Kier alpha value is -3.82. The zero-order valence-electron chi connectivity index (χ0n) is 12.8. The quantitative estimate of drug-likeness (QED) is 0.669. The number of benzene rings is 2. The van der Waals surface area contributed by atoms with Crippen molar-refractivity contribution in [2.75, 3.05) is 12.4 Å². The predicted octanol–water partition coefficient (Wildman–Crippen LogP) is 2.58. The molecule has 0 aliphatic carbocycles. The van der Waals surface area contributed by atoms with E-state index < -0.39 is 15.8 Å². The molecule has 126 valence electrons. The van der Waals surface area contributed by atoms with Crippen LogP contribution in [0.25, 0.3) is 0 Å². The predicted molar refractivity (Wildman–Crippen MR) is 87.6 cm³/mol. The number of rotatable bonds is 4. The van der Waals surface area contributed by atoms with E-state index in [1.165, 1.54) is 43.5 Å². The second-order valence-electron chi connectivity index (χ2n) is 5.01. The number of carbonyl (C=O) groups is 1. The van der Waals surface area contributed by atoms with Crippen LogP contribution >= 0.6 is 0 Å². The van der Waals surface area contributed by atoms with Crippen LogP contribution in [0.3, 0.4) is 0 Å². The van der Waals surface area contributed by atoms with E-state index in [1.807, 2.05) is 0 Å². The fourth-order valence-electron chi connectivity index (χ4n) is 2.36. The molecule has 1 aliphatic heterocycles. The fraction of sp³-hybridized carbons (Fsp3) is 0.0667. The molecule has 1 aliphatic rings. The maximum atomic E-state index is 12.1. The van der Waals surface area contributed by atoms with Crippen molar-refractivity contribution in [1.29, 1.82) is 0 Å². The van der Waals surface area contributed by atoms with Gasteiger partial charge in [0.1, 0.15) is 17.1 Å². The summed E-state index contributed by atoms with van der Waals surface area (Å²) in [5.74, 6) is -0.330. The number of carbonyl (C=O) groups excluding carboxylic acids is 1. The van der Waals surface area contributed by atoms with Crippen molar-refractivity contribution in [1.82, 2.24) is 0 Å². The third kappa shape index (κ3) is 2.87. The van der Waals surface area contributed by atoms with Gasteiger partial charge < -0.3 is 10.1 Å². The lowest BCUT2D eigenvalue weighted by atomic mass is 10.1. The molecule has 0 bridgehead atoms. The summed E-state index contributed by atoms with van der Waals surface area (Å²) in [5.41, 5.74) is -0.192. The molecule has 0 saturated carbocycles. The molecule has 0 unspecified atom stereocenters. The molecule has 10 heteroatoms. The van der Waals surface area contributed by atoms with Crippen LogP contribution in [0, 0.1) is 20.2 Å². The van der Waals surface area contributed by atoms with E-state index in [-0.39, 0.29) is 34.1 Å². The van der Waals surface area contributed by atoms with Crippen molar-refractivity contribution in [3.8, 4) is 5.75 Å². The molecule has 3 rings (SSSR count). The van der Waals surface area contributed by atoms with Gasteiger partial charge in [0, 0.05) is 17.7 Å². The van der Waals surface area contributed by atoms with Gasteiger partial charge in [0.05, 0.1) is 28.7 Å². The zero-order valence-corrected chi connectivity index (χ0v) is 12.8. The van der Waals surface area contributed by atoms with Crippen molar-refractivity contribution in [2.45, 2.75) is 0 Å². The molecule has 1 N–H and O–H groups in total. The number of amides is 1. The Morgan fingerprint density at radius 1 is 1.08 bits per heavy atom. The van der Waals surface area contributed by atoms with Gasteiger partial charge in [0.25, 0.3) is 17.3 Å². The standard InChI is InChI=1S/C15H10N4O6/c1-25-9-3-5-12(13(7-9)19(23)24)16-14-10-6-8(18(21)22)2-4-11(10)17-15(14)20/h2-7H,1H3,(H,16,17,20). The van der Waals surface area contributed by atoms with E-state index in [9.17, 15) is 25.0 Å². The average Bonchev–Trinajstić information content (AvgIpc) is 2.89. The van der Waals surface area contributed by atoms with Crippen LogP contribution in [0.4, 0.5) is 22.7 Å². The first-order valence-corrected chi connectivity index (χ1v) is 6.92. The molecular formula is C15H10N4O6. The molecule has 0 fully saturated rings. The Labute approximate surface area is 140 Å². The largest absolute Gasteiger partial charge is 0.496 e. The molecule has 0 aromatic heterocycles. The Kier molecular flexibility index (Phi) is 3.85. The van der Waals surface area contributed by atoms with Gasteiger partial charge in [-0.1, -0.05) is 0 Å². The highest BCUT2D eigenvalue weighted by Gasteiger charge is 2.29. The number of aliphatic imine (C=N–C) groups is 1. The molecule has 0 spiro atoms. The number of hydrogen-bond donors (Lipinski definition) is 1.